The van der Waals surface area contributed by atoms with Gasteiger partial charge < -0.3 is 16.2 Å². The van der Waals surface area contributed by atoms with Crippen LogP contribution < -0.4 is 11.1 Å². The zero-order valence-electron chi connectivity index (χ0n) is 14.1. The molecule has 134 valence electrons. The highest BCUT2D eigenvalue weighted by molar-refractivity contribution is 14.0. The van der Waals surface area contributed by atoms with Crippen LogP contribution in [0.1, 0.15) is 30.0 Å². The lowest BCUT2D eigenvalue weighted by Gasteiger charge is -2.22. The predicted molar refractivity (Wildman–Crippen MR) is 110 cm³/mol. The number of aryl methyl sites for hydroxylation is 2. The van der Waals surface area contributed by atoms with E-state index < -0.39 is 5.60 Å². The van der Waals surface area contributed by atoms with Gasteiger partial charge in [0.1, 0.15) is 11.4 Å². The molecule has 4 N–H and O–H groups in total. The van der Waals surface area contributed by atoms with Crippen molar-refractivity contribution in [1.82, 2.24) is 0 Å². The van der Waals surface area contributed by atoms with Crippen LogP contribution in [0.2, 0.25) is 0 Å². The van der Waals surface area contributed by atoms with Crippen molar-refractivity contribution in [2.75, 3.05) is 11.9 Å². The molecule has 1 atom stereocenters. The molecule has 0 bridgehead atoms. The van der Waals surface area contributed by atoms with Gasteiger partial charge in [-0.2, -0.15) is 0 Å². The van der Waals surface area contributed by atoms with Crippen molar-refractivity contribution in [3.63, 3.8) is 0 Å². The Bertz CT molecular complexity index is 760. The summed E-state index contributed by atoms with van der Waals surface area (Å²) in [5.74, 6) is -0.0915. The lowest BCUT2D eigenvalue weighted by Crippen LogP contribution is -2.29. The van der Waals surface area contributed by atoms with Gasteiger partial charge in [-0.25, -0.2) is 9.38 Å². The smallest absolute Gasteiger partial charge is 0.193 e. The van der Waals surface area contributed by atoms with Gasteiger partial charge in [0.2, 0.25) is 0 Å². The van der Waals surface area contributed by atoms with Crippen LogP contribution >= 0.6 is 24.0 Å². The van der Waals surface area contributed by atoms with E-state index in [2.05, 4.69) is 22.4 Å². The van der Waals surface area contributed by atoms with E-state index in [-0.39, 0.29) is 42.3 Å². The van der Waals surface area contributed by atoms with Gasteiger partial charge in [0, 0.05) is 5.69 Å². The van der Waals surface area contributed by atoms with E-state index in [9.17, 15) is 9.50 Å². The zero-order valence-corrected chi connectivity index (χ0v) is 16.5. The fraction of sp³-hybridized carbons (Fsp3) is 0.316. The topological polar surface area (TPSA) is 70.6 Å². The Hall–Kier alpha value is -1.67. The maximum absolute atomic E-state index is 13.0. The average molecular weight is 455 g/mol. The first-order valence-corrected chi connectivity index (χ1v) is 8.11. The van der Waals surface area contributed by atoms with Crippen LogP contribution in [0.3, 0.4) is 0 Å². The number of benzene rings is 2. The summed E-state index contributed by atoms with van der Waals surface area (Å²) in [6, 6.07) is 11.9. The average Bonchev–Trinajstić information content (AvgIpc) is 3.01. The second kappa shape index (κ2) is 8.14. The number of nitrogens with zero attached hydrogens (tertiary/aromatic N) is 1. The van der Waals surface area contributed by atoms with Crippen molar-refractivity contribution in [3.8, 4) is 0 Å². The van der Waals surface area contributed by atoms with E-state index in [0.29, 0.717) is 5.56 Å². The summed E-state index contributed by atoms with van der Waals surface area (Å²) in [4.78, 5) is 4.22. The van der Waals surface area contributed by atoms with Crippen LogP contribution in [-0.2, 0) is 18.4 Å². The van der Waals surface area contributed by atoms with E-state index in [1.807, 2.05) is 6.07 Å². The summed E-state index contributed by atoms with van der Waals surface area (Å²) in [7, 11) is 0. The van der Waals surface area contributed by atoms with Gasteiger partial charge in [0.25, 0.3) is 0 Å². The number of guanidine groups is 1. The summed E-state index contributed by atoms with van der Waals surface area (Å²) >= 11 is 0. The molecule has 0 spiro atoms. The molecule has 1 aliphatic rings. The molecule has 0 saturated heterocycles. The molecule has 2 aromatic carbocycles. The quantitative estimate of drug-likeness (QED) is 0.375. The van der Waals surface area contributed by atoms with Gasteiger partial charge >= 0.3 is 0 Å². The maximum atomic E-state index is 13.0. The first kappa shape index (κ1) is 19.7. The molecule has 4 nitrogen and oxygen atoms in total. The Morgan fingerprint density at radius 3 is 2.60 bits per heavy atom. The summed E-state index contributed by atoms with van der Waals surface area (Å²) in [6.07, 6.45) is 3.43. The molecule has 0 radical (unpaired) electrons. The number of hydrogen-bond acceptors (Lipinski definition) is 2. The highest BCUT2D eigenvalue weighted by Crippen LogP contribution is 2.25. The standard InChI is InChI=1S/C19H22FN3O.HI/c1-19(24,15-6-8-16(20)9-7-15)12-22-18(21)23-17-10-5-13-3-2-4-14(13)11-17;/h5-11,24H,2-4,12H2,1H3,(H3,21,22,23);1H. The number of aliphatic hydroxyl groups is 1. The molecule has 0 heterocycles. The highest BCUT2D eigenvalue weighted by atomic mass is 127. The number of fused-ring (bicyclic) bond motifs is 1. The number of rotatable bonds is 4. The molecule has 2 aromatic rings. The minimum atomic E-state index is -1.21. The third kappa shape index (κ3) is 4.92. The fourth-order valence-electron chi connectivity index (χ4n) is 2.98. The van der Waals surface area contributed by atoms with Gasteiger partial charge in [-0.1, -0.05) is 18.2 Å². The molecular weight excluding hydrogens is 432 g/mol. The molecule has 1 unspecified atom stereocenters. The Labute approximate surface area is 164 Å². The van der Waals surface area contributed by atoms with Crippen molar-refractivity contribution in [3.05, 3.63) is 65.0 Å². The minimum Gasteiger partial charge on any atom is -0.384 e. The van der Waals surface area contributed by atoms with E-state index >= 15 is 0 Å². The van der Waals surface area contributed by atoms with E-state index in [0.717, 1.165) is 18.5 Å². The van der Waals surface area contributed by atoms with Crippen molar-refractivity contribution in [1.29, 1.82) is 0 Å². The summed E-state index contributed by atoms with van der Waals surface area (Å²) in [5.41, 5.74) is 8.97. The first-order chi connectivity index (χ1) is 11.4. The summed E-state index contributed by atoms with van der Waals surface area (Å²) < 4.78 is 13.0. The van der Waals surface area contributed by atoms with Crippen LogP contribution in [0.25, 0.3) is 0 Å². The van der Waals surface area contributed by atoms with Crippen LogP contribution in [0.15, 0.2) is 47.5 Å². The molecule has 25 heavy (non-hydrogen) atoms. The Balaban J connectivity index is 0.00000225. The van der Waals surface area contributed by atoms with Crippen molar-refractivity contribution < 1.29 is 9.50 Å². The van der Waals surface area contributed by atoms with Gasteiger partial charge in [0.05, 0.1) is 6.54 Å². The molecule has 0 saturated carbocycles. The number of nitrogens with two attached hydrogens (primary N) is 1. The molecule has 0 amide bonds. The number of hydrogen-bond donors (Lipinski definition) is 3. The SMILES string of the molecule is CC(O)(CN=C(N)Nc1ccc2c(c1)CCC2)c1ccc(F)cc1.I. The lowest BCUT2D eigenvalue weighted by molar-refractivity contribution is 0.0673. The monoisotopic (exact) mass is 455 g/mol. The second-order valence-corrected chi connectivity index (χ2v) is 6.44. The van der Waals surface area contributed by atoms with Gasteiger partial charge in [-0.3, -0.25) is 0 Å². The molecular formula is C19H23FIN3O. The molecule has 0 fully saturated rings. The summed E-state index contributed by atoms with van der Waals surface area (Å²) in [6.45, 7) is 1.72. The Kier molecular flexibility index (Phi) is 6.40. The van der Waals surface area contributed by atoms with Gasteiger partial charge in [0.15, 0.2) is 5.96 Å². The Morgan fingerprint density at radius 2 is 1.88 bits per heavy atom. The van der Waals surface area contributed by atoms with Crippen LogP contribution in [0.4, 0.5) is 10.1 Å². The van der Waals surface area contributed by atoms with Crippen molar-refractivity contribution in [2.45, 2.75) is 31.8 Å². The van der Waals surface area contributed by atoms with E-state index in [4.69, 9.17) is 5.73 Å². The molecule has 0 aromatic heterocycles. The largest absolute Gasteiger partial charge is 0.384 e. The van der Waals surface area contributed by atoms with E-state index in [1.165, 1.54) is 29.7 Å². The normalized spacial score (nSPS) is 15.9. The minimum absolute atomic E-state index is 0. The maximum Gasteiger partial charge on any atom is 0.193 e. The second-order valence-electron chi connectivity index (χ2n) is 6.44. The third-order valence-electron chi connectivity index (χ3n) is 4.39. The number of nitrogens with one attached hydrogen (secondary N) is 1. The van der Waals surface area contributed by atoms with Crippen molar-refractivity contribution in [2.24, 2.45) is 10.7 Å². The first-order valence-electron chi connectivity index (χ1n) is 8.11. The molecule has 0 aliphatic heterocycles. The van der Waals surface area contributed by atoms with E-state index in [1.54, 1.807) is 19.1 Å². The highest BCUT2D eigenvalue weighted by Gasteiger charge is 2.22. The predicted octanol–water partition coefficient (Wildman–Crippen LogP) is 3.57. The number of aliphatic imine (C=N–C) groups is 1. The molecule has 1 aliphatic carbocycles. The van der Waals surface area contributed by atoms with Gasteiger partial charge in [-0.05, 0) is 67.1 Å². The third-order valence-corrected chi connectivity index (χ3v) is 4.39. The number of halogens is 2. The van der Waals surface area contributed by atoms with Crippen LogP contribution in [0, 0.1) is 5.82 Å². The molecule has 3 rings (SSSR count). The molecule has 6 heteroatoms. The zero-order chi connectivity index (χ0) is 17.2. The summed E-state index contributed by atoms with van der Waals surface area (Å²) in [5, 5.41) is 13.6. The van der Waals surface area contributed by atoms with Crippen LogP contribution in [0.5, 0.6) is 0 Å². The van der Waals surface area contributed by atoms with Crippen molar-refractivity contribution >= 4 is 35.6 Å². The number of anilines is 1. The fourth-order valence-corrected chi connectivity index (χ4v) is 2.98. The Morgan fingerprint density at radius 1 is 1.20 bits per heavy atom. The van der Waals surface area contributed by atoms with Gasteiger partial charge in [-0.15, -0.1) is 24.0 Å². The van der Waals surface area contributed by atoms with Crippen LogP contribution in [-0.4, -0.2) is 17.6 Å². The lowest BCUT2D eigenvalue weighted by atomic mass is 9.96.